The minimum absolute atomic E-state index is 0.0518. The lowest BCUT2D eigenvalue weighted by Gasteiger charge is -2.25. The summed E-state index contributed by atoms with van der Waals surface area (Å²) in [5, 5.41) is 11.2. The molecule has 3 heterocycles. The van der Waals surface area contributed by atoms with Gasteiger partial charge in [-0.25, -0.2) is 4.79 Å². The SMILES string of the molecule is CC(C)C[C@@H]1NC(=O)[C@@H](Cc2ccccc2)NC(=O)c2ccc(cc2)CN(C(=O)CN2CCOC2=O)CCCCNC(=O)[C@@H](C)NC1=O. The van der Waals surface area contributed by atoms with E-state index in [2.05, 4.69) is 21.3 Å². The van der Waals surface area contributed by atoms with Crippen molar-refractivity contribution in [3.63, 3.8) is 0 Å². The summed E-state index contributed by atoms with van der Waals surface area (Å²) >= 11 is 0. The quantitative estimate of drug-likeness (QED) is 0.342. The number of cyclic esters (lactones) is 1. The van der Waals surface area contributed by atoms with Crippen LogP contribution in [0.25, 0.3) is 0 Å². The van der Waals surface area contributed by atoms with Gasteiger partial charge in [-0.05, 0) is 55.4 Å². The van der Waals surface area contributed by atoms with Gasteiger partial charge in [0.05, 0.1) is 6.54 Å². The van der Waals surface area contributed by atoms with Gasteiger partial charge in [0.25, 0.3) is 5.91 Å². The molecule has 0 radical (unpaired) electrons. The van der Waals surface area contributed by atoms with E-state index in [-0.39, 0.29) is 43.8 Å². The van der Waals surface area contributed by atoms with Crippen molar-refractivity contribution in [1.29, 1.82) is 0 Å². The summed E-state index contributed by atoms with van der Waals surface area (Å²) in [6, 6.07) is 13.2. The number of rotatable bonds is 6. The van der Waals surface area contributed by atoms with Crippen LogP contribution in [-0.4, -0.2) is 96.3 Å². The fourth-order valence-electron chi connectivity index (χ4n) is 5.55. The molecule has 3 aliphatic rings. The molecule has 3 aliphatic heterocycles. The molecule has 6 amide bonds. The molecule has 13 heteroatoms. The molecule has 48 heavy (non-hydrogen) atoms. The first-order valence-electron chi connectivity index (χ1n) is 16.5. The molecule has 2 bridgehead atoms. The Kier molecular flexibility index (Phi) is 12.9. The van der Waals surface area contributed by atoms with E-state index >= 15 is 0 Å². The number of hydrogen-bond donors (Lipinski definition) is 4. The molecule has 4 N–H and O–H groups in total. The van der Waals surface area contributed by atoms with Crippen LogP contribution in [-0.2, 0) is 36.9 Å². The van der Waals surface area contributed by atoms with Crippen LogP contribution in [0.3, 0.4) is 0 Å². The molecule has 13 nitrogen and oxygen atoms in total. The zero-order valence-corrected chi connectivity index (χ0v) is 27.8. The fourth-order valence-corrected chi connectivity index (χ4v) is 5.55. The van der Waals surface area contributed by atoms with Crippen LogP contribution in [0.4, 0.5) is 4.79 Å². The molecule has 0 unspecified atom stereocenters. The molecule has 1 saturated heterocycles. The maximum atomic E-state index is 13.7. The molecule has 2 aromatic rings. The number of carbonyl (C=O) groups is 6. The minimum Gasteiger partial charge on any atom is -0.448 e. The highest BCUT2D eigenvalue weighted by molar-refractivity contribution is 5.99. The zero-order valence-electron chi connectivity index (χ0n) is 27.8. The Bertz CT molecular complexity index is 1450. The summed E-state index contributed by atoms with van der Waals surface area (Å²) in [6.45, 7) is 6.83. The first kappa shape index (κ1) is 35.9. The Morgan fingerprint density at radius 3 is 2.23 bits per heavy atom. The minimum atomic E-state index is -0.998. The van der Waals surface area contributed by atoms with Crippen LogP contribution in [0.15, 0.2) is 54.6 Å². The smallest absolute Gasteiger partial charge is 0.410 e. The van der Waals surface area contributed by atoms with E-state index in [0.717, 1.165) is 11.1 Å². The molecule has 258 valence electrons. The third-order valence-electron chi connectivity index (χ3n) is 8.26. The lowest BCUT2D eigenvalue weighted by molar-refractivity contribution is -0.133. The summed E-state index contributed by atoms with van der Waals surface area (Å²) in [5.41, 5.74) is 1.92. The van der Waals surface area contributed by atoms with Gasteiger partial charge in [0, 0.05) is 31.6 Å². The third-order valence-corrected chi connectivity index (χ3v) is 8.26. The van der Waals surface area contributed by atoms with Crippen molar-refractivity contribution in [2.24, 2.45) is 5.92 Å². The Morgan fingerprint density at radius 1 is 0.854 bits per heavy atom. The highest BCUT2D eigenvalue weighted by Crippen LogP contribution is 2.13. The van der Waals surface area contributed by atoms with Gasteiger partial charge in [-0.1, -0.05) is 56.3 Å². The number of hydrogen-bond acceptors (Lipinski definition) is 7. The average Bonchev–Trinajstić information content (AvgIpc) is 3.46. The maximum Gasteiger partial charge on any atom is 0.410 e. The van der Waals surface area contributed by atoms with Gasteiger partial charge in [0.1, 0.15) is 31.3 Å². The van der Waals surface area contributed by atoms with E-state index in [1.54, 1.807) is 36.1 Å². The van der Waals surface area contributed by atoms with Crippen molar-refractivity contribution < 1.29 is 33.5 Å². The van der Waals surface area contributed by atoms with Crippen molar-refractivity contribution in [3.8, 4) is 0 Å². The normalized spacial score (nSPS) is 21.9. The molecule has 0 saturated carbocycles. The average molecular weight is 663 g/mol. The van der Waals surface area contributed by atoms with Crippen molar-refractivity contribution >= 4 is 35.6 Å². The largest absolute Gasteiger partial charge is 0.448 e. The Balaban J connectivity index is 1.59. The molecule has 5 rings (SSSR count). The van der Waals surface area contributed by atoms with Crippen LogP contribution < -0.4 is 21.3 Å². The maximum absolute atomic E-state index is 13.7. The molecule has 3 atom stereocenters. The second kappa shape index (κ2) is 17.3. The lowest BCUT2D eigenvalue weighted by Crippen LogP contribution is -2.57. The van der Waals surface area contributed by atoms with Gasteiger partial charge in [-0.3, -0.25) is 28.9 Å². The standard InChI is InChI=1S/C35H46N6O7/c1-23(2)19-28-33(45)37-24(3)31(43)36-15-7-8-16-40(30(42)22-41-17-18-48-35(41)47)21-26-11-13-27(14-12-26)32(44)38-29(34(46)39-28)20-25-9-5-4-6-10-25/h4-6,9-14,23-24,28-29H,7-8,15-22H2,1-3H3,(H,36,43)(H,37,45)(H,38,44)(H,39,46)/t24-,28+,29-/m1/s1. The predicted molar refractivity (Wildman–Crippen MR) is 177 cm³/mol. The third kappa shape index (κ3) is 10.5. The Morgan fingerprint density at radius 2 is 1.56 bits per heavy atom. The van der Waals surface area contributed by atoms with Crippen LogP contribution in [0.5, 0.6) is 0 Å². The van der Waals surface area contributed by atoms with Gasteiger partial charge in [-0.2, -0.15) is 0 Å². The van der Waals surface area contributed by atoms with E-state index in [0.29, 0.717) is 44.5 Å². The lowest BCUT2D eigenvalue weighted by atomic mass is 10.0. The van der Waals surface area contributed by atoms with Gasteiger partial charge in [0.2, 0.25) is 23.6 Å². The van der Waals surface area contributed by atoms with Crippen molar-refractivity contribution in [2.45, 2.75) is 71.1 Å². The van der Waals surface area contributed by atoms with Gasteiger partial charge in [0.15, 0.2) is 0 Å². The fraction of sp³-hybridized carbons (Fsp3) is 0.486. The van der Waals surface area contributed by atoms with E-state index in [4.69, 9.17) is 4.74 Å². The van der Waals surface area contributed by atoms with Crippen molar-refractivity contribution in [2.75, 3.05) is 32.8 Å². The molecule has 0 aliphatic carbocycles. The number of nitrogens with one attached hydrogen (secondary N) is 4. The first-order valence-corrected chi connectivity index (χ1v) is 16.5. The topological polar surface area (TPSA) is 166 Å². The van der Waals surface area contributed by atoms with E-state index in [1.807, 2.05) is 44.2 Å². The van der Waals surface area contributed by atoms with Crippen LogP contribution in [0, 0.1) is 5.92 Å². The summed E-state index contributed by atoms with van der Waals surface area (Å²) < 4.78 is 4.97. The molecule has 1 fully saturated rings. The number of ether oxygens (including phenoxy) is 1. The number of fused-ring (bicyclic) bond motifs is 18. The number of amides is 6. The molecule has 0 aromatic heterocycles. The number of benzene rings is 2. The first-order chi connectivity index (χ1) is 23.0. The Labute approximate surface area is 281 Å². The van der Waals surface area contributed by atoms with Gasteiger partial charge in [-0.15, -0.1) is 0 Å². The van der Waals surface area contributed by atoms with Crippen LogP contribution >= 0.6 is 0 Å². The van der Waals surface area contributed by atoms with E-state index in [1.165, 1.54) is 4.90 Å². The molecule has 2 aromatic carbocycles. The second-order valence-corrected chi connectivity index (χ2v) is 12.7. The zero-order chi connectivity index (χ0) is 34.6. The number of carbonyl (C=O) groups excluding carboxylic acids is 6. The summed E-state index contributed by atoms with van der Waals surface area (Å²) in [7, 11) is 0. The van der Waals surface area contributed by atoms with E-state index in [9.17, 15) is 28.8 Å². The van der Waals surface area contributed by atoms with Crippen molar-refractivity contribution in [3.05, 3.63) is 71.3 Å². The van der Waals surface area contributed by atoms with Gasteiger partial charge < -0.3 is 30.9 Å². The second-order valence-electron chi connectivity index (χ2n) is 12.7. The molecular formula is C35H46N6O7. The monoisotopic (exact) mass is 662 g/mol. The van der Waals surface area contributed by atoms with E-state index < -0.39 is 41.9 Å². The summed E-state index contributed by atoms with van der Waals surface area (Å²) in [6.07, 6.45) is 1.13. The number of nitrogens with zero attached hydrogens (tertiary/aromatic N) is 2. The molecule has 0 spiro atoms. The van der Waals surface area contributed by atoms with Crippen LogP contribution in [0.1, 0.15) is 61.5 Å². The summed E-state index contributed by atoms with van der Waals surface area (Å²) in [4.78, 5) is 81.6. The highest BCUT2D eigenvalue weighted by atomic mass is 16.6. The summed E-state index contributed by atoms with van der Waals surface area (Å²) in [5.74, 6) is -2.07. The molecular weight excluding hydrogens is 616 g/mol. The van der Waals surface area contributed by atoms with Crippen LogP contribution in [0.2, 0.25) is 0 Å². The van der Waals surface area contributed by atoms with Crippen molar-refractivity contribution in [1.82, 2.24) is 31.1 Å². The van der Waals surface area contributed by atoms with Gasteiger partial charge >= 0.3 is 6.09 Å². The Hall–Kier alpha value is -4.94. The highest BCUT2D eigenvalue weighted by Gasteiger charge is 2.30. The predicted octanol–water partition coefficient (Wildman–Crippen LogP) is 1.75.